The van der Waals surface area contributed by atoms with Crippen molar-refractivity contribution in [2.45, 2.75) is 32.1 Å². The maximum absolute atomic E-state index is 5.45. The molecule has 88 valence electrons. The van der Waals surface area contributed by atoms with Crippen LogP contribution >= 0.6 is 0 Å². The molecule has 2 rings (SSSR count). The minimum Gasteiger partial charge on any atom is -0.497 e. The number of ether oxygens (including phenoxy) is 2. The van der Waals surface area contributed by atoms with Crippen LogP contribution in [0.25, 0.3) is 0 Å². The van der Waals surface area contributed by atoms with Gasteiger partial charge >= 0.3 is 0 Å². The van der Waals surface area contributed by atoms with Crippen molar-refractivity contribution in [3.63, 3.8) is 0 Å². The third kappa shape index (κ3) is 2.01. The van der Waals surface area contributed by atoms with Crippen molar-refractivity contribution < 1.29 is 9.47 Å². The highest BCUT2D eigenvalue weighted by molar-refractivity contribution is 5.43. The van der Waals surface area contributed by atoms with Crippen LogP contribution < -0.4 is 9.47 Å². The number of methoxy groups -OCH3 is 2. The highest BCUT2D eigenvalue weighted by atomic mass is 16.5. The first-order valence-electron chi connectivity index (χ1n) is 5.98. The molecule has 0 saturated heterocycles. The fourth-order valence-corrected chi connectivity index (χ4v) is 2.74. The zero-order valence-corrected chi connectivity index (χ0v) is 10.3. The molecule has 1 aromatic carbocycles. The smallest absolute Gasteiger partial charge is 0.122 e. The van der Waals surface area contributed by atoms with Crippen molar-refractivity contribution in [2.75, 3.05) is 14.2 Å². The molecule has 2 unspecified atom stereocenters. The molecule has 0 aliphatic heterocycles. The molecule has 0 bridgehead atoms. The summed E-state index contributed by atoms with van der Waals surface area (Å²) in [6, 6.07) is 6.10. The fraction of sp³-hybridized carbons (Fsp3) is 0.571. The zero-order chi connectivity index (χ0) is 11.5. The summed E-state index contributed by atoms with van der Waals surface area (Å²) in [6.45, 7) is 2.33. The Kier molecular flexibility index (Phi) is 3.37. The lowest BCUT2D eigenvalue weighted by Crippen LogP contribution is -2.04. The first-order chi connectivity index (χ1) is 7.76. The van der Waals surface area contributed by atoms with Gasteiger partial charge in [0.15, 0.2) is 0 Å². The second-order valence-corrected chi connectivity index (χ2v) is 4.62. The average molecular weight is 220 g/mol. The number of benzene rings is 1. The van der Waals surface area contributed by atoms with Crippen molar-refractivity contribution in [2.24, 2.45) is 5.92 Å². The van der Waals surface area contributed by atoms with Gasteiger partial charge in [0.05, 0.1) is 14.2 Å². The molecule has 0 N–H and O–H groups in total. The molecular weight excluding hydrogens is 200 g/mol. The fourth-order valence-electron chi connectivity index (χ4n) is 2.74. The Hall–Kier alpha value is -1.18. The molecule has 2 nitrogen and oxygen atoms in total. The van der Waals surface area contributed by atoms with Gasteiger partial charge in [-0.3, -0.25) is 0 Å². The van der Waals surface area contributed by atoms with Crippen LogP contribution in [0.2, 0.25) is 0 Å². The minimum absolute atomic E-state index is 0.630. The maximum atomic E-state index is 5.45. The standard InChI is InChI=1S/C14H20O2/c1-10-5-4-6-12(10)13-9-11(15-2)7-8-14(13)16-3/h7-10,12H,4-6H2,1-3H3. The Bertz CT molecular complexity index is 360. The quantitative estimate of drug-likeness (QED) is 0.774. The van der Waals surface area contributed by atoms with Crippen LogP contribution in [0.15, 0.2) is 18.2 Å². The third-order valence-electron chi connectivity index (χ3n) is 3.70. The van der Waals surface area contributed by atoms with Crippen molar-refractivity contribution in [1.29, 1.82) is 0 Å². The Morgan fingerprint density at radius 3 is 2.50 bits per heavy atom. The van der Waals surface area contributed by atoms with Gasteiger partial charge in [0, 0.05) is 5.56 Å². The second-order valence-electron chi connectivity index (χ2n) is 4.62. The van der Waals surface area contributed by atoms with Gasteiger partial charge in [0.2, 0.25) is 0 Å². The summed E-state index contributed by atoms with van der Waals surface area (Å²) in [4.78, 5) is 0. The summed E-state index contributed by atoms with van der Waals surface area (Å²) in [5, 5.41) is 0. The maximum Gasteiger partial charge on any atom is 0.122 e. The van der Waals surface area contributed by atoms with E-state index in [1.807, 2.05) is 12.1 Å². The van der Waals surface area contributed by atoms with Gasteiger partial charge in [-0.25, -0.2) is 0 Å². The topological polar surface area (TPSA) is 18.5 Å². The van der Waals surface area contributed by atoms with Gasteiger partial charge in [-0.1, -0.05) is 19.8 Å². The van der Waals surface area contributed by atoms with Gasteiger partial charge in [0.25, 0.3) is 0 Å². The highest BCUT2D eigenvalue weighted by Crippen LogP contribution is 2.43. The van der Waals surface area contributed by atoms with Crippen LogP contribution in [0.1, 0.15) is 37.7 Å². The number of hydrogen-bond donors (Lipinski definition) is 0. The van der Waals surface area contributed by atoms with Crippen molar-refractivity contribution >= 4 is 0 Å². The monoisotopic (exact) mass is 220 g/mol. The van der Waals surface area contributed by atoms with Crippen LogP contribution in [-0.4, -0.2) is 14.2 Å². The van der Waals surface area contributed by atoms with E-state index in [0.29, 0.717) is 5.92 Å². The van der Waals surface area contributed by atoms with Crippen LogP contribution in [0.5, 0.6) is 11.5 Å². The van der Waals surface area contributed by atoms with Crippen LogP contribution in [0.4, 0.5) is 0 Å². The lowest BCUT2D eigenvalue weighted by molar-refractivity contribution is 0.389. The predicted octanol–water partition coefficient (Wildman–Crippen LogP) is 3.61. The van der Waals surface area contributed by atoms with Gasteiger partial charge in [-0.15, -0.1) is 0 Å². The second kappa shape index (κ2) is 4.77. The first kappa shape index (κ1) is 11.3. The van der Waals surface area contributed by atoms with E-state index >= 15 is 0 Å². The predicted molar refractivity (Wildman–Crippen MR) is 65.3 cm³/mol. The third-order valence-corrected chi connectivity index (χ3v) is 3.70. The Labute approximate surface area is 97.6 Å². The molecule has 16 heavy (non-hydrogen) atoms. The van der Waals surface area contributed by atoms with Crippen molar-refractivity contribution in [3.8, 4) is 11.5 Å². The van der Waals surface area contributed by atoms with E-state index in [1.165, 1.54) is 24.8 Å². The molecule has 0 spiro atoms. The summed E-state index contributed by atoms with van der Waals surface area (Å²) in [7, 11) is 3.45. The van der Waals surface area contributed by atoms with E-state index in [4.69, 9.17) is 9.47 Å². The van der Waals surface area contributed by atoms with Crippen LogP contribution in [-0.2, 0) is 0 Å². The summed E-state index contributed by atoms with van der Waals surface area (Å²) in [6.07, 6.45) is 3.92. The molecule has 1 aliphatic rings. The lowest BCUT2D eigenvalue weighted by Gasteiger charge is -2.19. The summed E-state index contributed by atoms with van der Waals surface area (Å²) >= 11 is 0. The van der Waals surface area contributed by atoms with E-state index in [-0.39, 0.29) is 0 Å². The Balaban J connectivity index is 2.36. The molecule has 0 radical (unpaired) electrons. The van der Waals surface area contributed by atoms with Crippen LogP contribution in [0.3, 0.4) is 0 Å². The number of rotatable bonds is 3. The molecule has 0 heterocycles. The lowest BCUT2D eigenvalue weighted by atomic mass is 9.89. The molecule has 2 atom stereocenters. The van der Waals surface area contributed by atoms with E-state index < -0.39 is 0 Å². The first-order valence-corrected chi connectivity index (χ1v) is 5.98. The zero-order valence-electron chi connectivity index (χ0n) is 10.3. The van der Waals surface area contributed by atoms with Crippen molar-refractivity contribution in [3.05, 3.63) is 23.8 Å². The highest BCUT2D eigenvalue weighted by Gasteiger charge is 2.27. The summed E-state index contributed by atoms with van der Waals surface area (Å²) in [5.74, 6) is 3.31. The minimum atomic E-state index is 0.630. The van der Waals surface area contributed by atoms with E-state index in [9.17, 15) is 0 Å². The molecular formula is C14H20O2. The van der Waals surface area contributed by atoms with E-state index in [0.717, 1.165) is 17.4 Å². The van der Waals surface area contributed by atoms with Gasteiger partial charge < -0.3 is 9.47 Å². The number of hydrogen-bond acceptors (Lipinski definition) is 2. The Morgan fingerprint density at radius 1 is 1.12 bits per heavy atom. The summed E-state index contributed by atoms with van der Waals surface area (Å²) in [5.41, 5.74) is 1.31. The summed E-state index contributed by atoms with van der Waals surface area (Å²) < 4.78 is 10.7. The molecule has 2 heteroatoms. The molecule has 0 amide bonds. The normalized spacial score (nSPS) is 24.4. The van der Waals surface area contributed by atoms with Gasteiger partial charge in [0.1, 0.15) is 11.5 Å². The molecule has 1 aromatic rings. The SMILES string of the molecule is COc1ccc(OC)c(C2CCCC2C)c1. The van der Waals surface area contributed by atoms with Gasteiger partial charge in [-0.05, 0) is 36.5 Å². The Morgan fingerprint density at radius 2 is 1.94 bits per heavy atom. The van der Waals surface area contributed by atoms with Gasteiger partial charge in [-0.2, -0.15) is 0 Å². The van der Waals surface area contributed by atoms with Crippen molar-refractivity contribution in [1.82, 2.24) is 0 Å². The molecule has 0 aromatic heterocycles. The molecule has 1 fully saturated rings. The van der Waals surface area contributed by atoms with E-state index in [1.54, 1.807) is 14.2 Å². The van der Waals surface area contributed by atoms with Crippen LogP contribution in [0, 0.1) is 5.92 Å². The largest absolute Gasteiger partial charge is 0.497 e. The molecule has 1 saturated carbocycles. The molecule has 1 aliphatic carbocycles. The van der Waals surface area contributed by atoms with E-state index in [2.05, 4.69) is 13.0 Å². The average Bonchev–Trinajstić information content (AvgIpc) is 2.74.